The molecule has 0 amide bonds. The lowest BCUT2D eigenvalue weighted by molar-refractivity contribution is -0.138. The first kappa shape index (κ1) is 20.3. The summed E-state index contributed by atoms with van der Waals surface area (Å²) in [5.74, 6) is 0.483. The van der Waals surface area contributed by atoms with Crippen LogP contribution in [0, 0.1) is 23.2 Å². The van der Waals surface area contributed by atoms with Crippen LogP contribution in [0.5, 0.6) is 0 Å². The molecule has 0 spiro atoms. The average Bonchev–Trinajstić information content (AvgIpc) is 2.93. The Bertz CT molecular complexity index is 661. The summed E-state index contributed by atoms with van der Waals surface area (Å²) in [7, 11) is 0. The number of carbonyl (C=O) groups is 1. The van der Waals surface area contributed by atoms with Gasteiger partial charge in [-0.2, -0.15) is 0 Å². The Balaban J connectivity index is 1.80. The lowest BCUT2D eigenvalue weighted by Gasteiger charge is -2.44. The van der Waals surface area contributed by atoms with Crippen molar-refractivity contribution in [1.29, 1.82) is 0 Å². The van der Waals surface area contributed by atoms with Gasteiger partial charge in [-0.3, -0.25) is 4.79 Å². The predicted molar refractivity (Wildman–Crippen MR) is 106 cm³/mol. The number of hydrogen-bond acceptors (Lipinski definition) is 3. The molecule has 0 heterocycles. The SMILES string of the molecule is C=C1/C(=C/C=C2/CCC[C@]3(C)[C@@H]([C@H](C)CC(=O)O)CC[C@@H]23)C[C@@H](O)C[C@@H]1O. The molecule has 4 heteroatoms. The molecule has 0 unspecified atom stereocenters. The number of aliphatic hydroxyl groups excluding tert-OH is 2. The van der Waals surface area contributed by atoms with Crippen molar-refractivity contribution in [2.45, 2.75) is 77.4 Å². The van der Waals surface area contributed by atoms with E-state index >= 15 is 0 Å². The maximum atomic E-state index is 11.2. The highest BCUT2D eigenvalue weighted by Crippen LogP contribution is 2.59. The average molecular weight is 375 g/mol. The van der Waals surface area contributed by atoms with Gasteiger partial charge in [0.15, 0.2) is 0 Å². The van der Waals surface area contributed by atoms with Gasteiger partial charge in [-0.25, -0.2) is 0 Å². The van der Waals surface area contributed by atoms with Gasteiger partial charge in [-0.05, 0) is 72.8 Å². The minimum Gasteiger partial charge on any atom is -0.481 e. The van der Waals surface area contributed by atoms with E-state index in [0.717, 1.165) is 36.8 Å². The van der Waals surface area contributed by atoms with E-state index < -0.39 is 18.2 Å². The molecule has 0 aromatic rings. The van der Waals surface area contributed by atoms with Crippen molar-refractivity contribution in [2.24, 2.45) is 23.2 Å². The van der Waals surface area contributed by atoms with Crippen molar-refractivity contribution in [3.63, 3.8) is 0 Å². The molecule has 3 rings (SSSR count). The molecule has 0 aromatic heterocycles. The molecule has 0 bridgehead atoms. The minimum atomic E-state index is -0.696. The van der Waals surface area contributed by atoms with Crippen LogP contribution in [0.1, 0.15) is 65.2 Å². The molecule has 3 aliphatic rings. The van der Waals surface area contributed by atoms with E-state index in [0.29, 0.717) is 24.7 Å². The fourth-order valence-corrected chi connectivity index (χ4v) is 6.10. The second kappa shape index (κ2) is 7.92. The Morgan fingerprint density at radius 2 is 2.07 bits per heavy atom. The molecule has 27 heavy (non-hydrogen) atoms. The van der Waals surface area contributed by atoms with Crippen molar-refractivity contribution in [1.82, 2.24) is 0 Å². The van der Waals surface area contributed by atoms with Crippen LogP contribution in [-0.2, 0) is 4.79 Å². The van der Waals surface area contributed by atoms with Gasteiger partial charge in [0.05, 0.1) is 12.2 Å². The van der Waals surface area contributed by atoms with E-state index in [1.165, 1.54) is 12.0 Å². The molecule has 150 valence electrons. The van der Waals surface area contributed by atoms with Crippen LogP contribution in [-0.4, -0.2) is 33.5 Å². The van der Waals surface area contributed by atoms with E-state index in [-0.39, 0.29) is 17.8 Å². The summed E-state index contributed by atoms with van der Waals surface area (Å²) < 4.78 is 0. The van der Waals surface area contributed by atoms with E-state index in [1.54, 1.807) is 0 Å². The number of rotatable bonds is 4. The van der Waals surface area contributed by atoms with Gasteiger partial charge >= 0.3 is 5.97 Å². The lowest BCUT2D eigenvalue weighted by Crippen LogP contribution is -2.36. The highest BCUT2D eigenvalue weighted by atomic mass is 16.4. The third-order valence-electron chi connectivity index (χ3n) is 7.49. The summed E-state index contributed by atoms with van der Waals surface area (Å²) in [5, 5.41) is 29.2. The fourth-order valence-electron chi connectivity index (χ4n) is 6.10. The highest BCUT2D eigenvalue weighted by molar-refractivity contribution is 5.67. The Kier molecular flexibility index (Phi) is 5.97. The van der Waals surface area contributed by atoms with Gasteiger partial charge in [-0.15, -0.1) is 0 Å². The zero-order chi connectivity index (χ0) is 19.8. The Morgan fingerprint density at radius 1 is 1.33 bits per heavy atom. The van der Waals surface area contributed by atoms with Crippen LogP contribution in [0.15, 0.2) is 35.5 Å². The number of carboxylic acid groups (broad SMARTS) is 1. The number of aliphatic hydroxyl groups is 2. The highest BCUT2D eigenvalue weighted by Gasteiger charge is 2.50. The van der Waals surface area contributed by atoms with E-state index in [2.05, 4.69) is 32.6 Å². The predicted octanol–water partition coefficient (Wildman–Crippen LogP) is 4.24. The number of aliphatic carboxylic acids is 1. The zero-order valence-electron chi connectivity index (χ0n) is 16.7. The van der Waals surface area contributed by atoms with Gasteiger partial charge in [0.2, 0.25) is 0 Å². The normalized spacial score (nSPS) is 41.0. The Morgan fingerprint density at radius 3 is 2.78 bits per heavy atom. The third kappa shape index (κ3) is 4.07. The van der Waals surface area contributed by atoms with E-state index in [9.17, 15) is 20.1 Å². The molecular formula is C23H34O4. The molecule has 0 saturated heterocycles. The minimum absolute atomic E-state index is 0.181. The van der Waals surface area contributed by atoms with Crippen molar-refractivity contribution in [3.8, 4) is 0 Å². The molecule has 0 radical (unpaired) electrons. The van der Waals surface area contributed by atoms with Gasteiger partial charge in [0.1, 0.15) is 0 Å². The number of hydrogen-bond donors (Lipinski definition) is 3. The number of carboxylic acids is 1. The molecule has 4 nitrogen and oxygen atoms in total. The zero-order valence-corrected chi connectivity index (χ0v) is 16.7. The molecule has 3 saturated carbocycles. The summed E-state index contributed by atoms with van der Waals surface area (Å²) in [6.45, 7) is 8.46. The van der Waals surface area contributed by atoms with Crippen LogP contribution < -0.4 is 0 Å². The van der Waals surface area contributed by atoms with Crippen molar-refractivity contribution < 1.29 is 20.1 Å². The summed E-state index contributed by atoms with van der Waals surface area (Å²) in [6.07, 6.45) is 9.93. The van der Waals surface area contributed by atoms with Crippen LogP contribution in [0.4, 0.5) is 0 Å². The third-order valence-corrected chi connectivity index (χ3v) is 7.49. The first-order valence-corrected chi connectivity index (χ1v) is 10.4. The van der Waals surface area contributed by atoms with Crippen molar-refractivity contribution >= 4 is 5.97 Å². The first-order chi connectivity index (χ1) is 12.7. The monoisotopic (exact) mass is 374 g/mol. The fraction of sp³-hybridized carbons (Fsp3) is 0.696. The topological polar surface area (TPSA) is 77.8 Å². The van der Waals surface area contributed by atoms with E-state index in [1.807, 2.05) is 0 Å². The smallest absolute Gasteiger partial charge is 0.303 e. The quantitative estimate of drug-likeness (QED) is 0.688. The van der Waals surface area contributed by atoms with Crippen LogP contribution in [0.25, 0.3) is 0 Å². The Hall–Kier alpha value is -1.39. The second-order valence-corrected chi connectivity index (χ2v) is 9.24. The molecule has 0 aromatic carbocycles. The van der Waals surface area contributed by atoms with Crippen LogP contribution in [0.2, 0.25) is 0 Å². The van der Waals surface area contributed by atoms with Crippen molar-refractivity contribution in [3.05, 3.63) is 35.5 Å². The van der Waals surface area contributed by atoms with Gasteiger partial charge in [-0.1, -0.05) is 38.2 Å². The summed E-state index contributed by atoms with van der Waals surface area (Å²) >= 11 is 0. The standard InChI is InChI=1S/C23H34O4/c1-14(11-22(26)27)19-8-9-20-16(5-4-10-23(19,20)3)6-7-17-12-18(24)13-21(25)15(17)2/h6-7,14,18-21,24-25H,2,4-5,8-13H2,1,3H3,(H,26,27)/b16-6-,17-7+/t14-,18-,19-,20+,21+,23-/m1/s1. The Labute approximate surface area is 162 Å². The molecule has 3 fully saturated rings. The molecule has 3 aliphatic carbocycles. The first-order valence-electron chi connectivity index (χ1n) is 10.4. The van der Waals surface area contributed by atoms with E-state index in [4.69, 9.17) is 0 Å². The van der Waals surface area contributed by atoms with Gasteiger partial charge in [0, 0.05) is 12.8 Å². The van der Waals surface area contributed by atoms with Crippen molar-refractivity contribution in [2.75, 3.05) is 0 Å². The lowest BCUT2D eigenvalue weighted by atomic mass is 9.61. The molecule has 6 atom stereocenters. The largest absolute Gasteiger partial charge is 0.481 e. The maximum absolute atomic E-state index is 11.2. The molecule has 3 N–H and O–H groups in total. The molecular weight excluding hydrogens is 340 g/mol. The summed E-state index contributed by atoms with van der Waals surface area (Å²) in [6, 6.07) is 0. The van der Waals surface area contributed by atoms with Gasteiger partial charge < -0.3 is 15.3 Å². The number of allylic oxidation sites excluding steroid dienone is 3. The van der Waals surface area contributed by atoms with Crippen LogP contribution >= 0.6 is 0 Å². The summed E-state index contributed by atoms with van der Waals surface area (Å²) in [5.41, 5.74) is 3.31. The van der Waals surface area contributed by atoms with Gasteiger partial charge in [0.25, 0.3) is 0 Å². The maximum Gasteiger partial charge on any atom is 0.303 e. The molecule has 0 aliphatic heterocycles. The summed E-state index contributed by atoms with van der Waals surface area (Å²) in [4.78, 5) is 11.2. The van der Waals surface area contributed by atoms with Crippen LogP contribution in [0.3, 0.4) is 0 Å². The number of fused-ring (bicyclic) bond motifs is 1. The second-order valence-electron chi connectivity index (χ2n) is 9.24.